The molecule has 1 aromatic heterocycles. The van der Waals surface area contributed by atoms with Crippen LogP contribution in [0.4, 0.5) is 0 Å². The Labute approximate surface area is 142 Å². The molecule has 132 valence electrons. The van der Waals surface area contributed by atoms with E-state index in [0.29, 0.717) is 25.6 Å². The lowest BCUT2D eigenvalue weighted by Crippen LogP contribution is -2.39. The monoisotopic (exact) mass is 334 g/mol. The van der Waals surface area contributed by atoms with Crippen LogP contribution in [0.3, 0.4) is 0 Å². The summed E-state index contributed by atoms with van der Waals surface area (Å²) in [6.45, 7) is 0.963. The normalized spacial score (nSPS) is 22.1. The van der Waals surface area contributed by atoms with Crippen LogP contribution in [0.2, 0.25) is 0 Å². The Balaban J connectivity index is 1.35. The number of nitrogens with one attached hydrogen (secondary N) is 1. The number of hydrogen-bond acceptors (Lipinski definition) is 4. The van der Waals surface area contributed by atoms with Crippen molar-refractivity contribution in [3.05, 3.63) is 24.2 Å². The van der Waals surface area contributed by atoms with E-state index in [2.05, 4.69) is 5.48 Å². The van der Waals surface area contributed by atoms with Crippen LogP contribution in [0.25, 0.3) is 0 Å². The maximum absolute atomic E-state index is 12.2. The third-order valence-corrected chi connectivity index (χ3v) is 4.97. The molecule has 2 fully saturated rings. The molecule has 1 saturated carbocycles. The summed E-state index contributed by atoms with van der Waals surface area (Å²) in [5.74, 6) is 0.554. The Hall–Kier alpha value is -1.82. The third kappa shape index (κ3) is 4.38. The maximum atomic E-state index is 12.2. The molecule has 6 nitrogen and oxygen atoms in total. The minimum Gasteiger partial charge on any atom is -0.469 e. The van der Waals surface area contributed by atoms with E-state index in [9.17, 15) is 9.59 Å². The Morgan fingerprint density at radius 3 is 2.92 bits per heavy atom. The molecule has 24 heavy (non-hydrogen) atoms. The van der Waals surface area contributed by atoms with Gasteiger partial charge in [-0.15, -0.1) is 0 Å². The molecular formula is C18H26N2O4. The van der Waals surface area contributed by atoms with E-state index < -0.39 is 0 Å². The molecule has 0 spiro atoms. The summed E-state index contributed by atoms with van der Waals surface area (Å²) in [7, 11) is 0. The molecule has 1 N–H and O–H groups in total. The van der Waals surface area contributed by atoms with E-state index in [4.69, 9.17) is 9.25 Å². The van der Waals surface area contributed by atoms with Gasteiger partial charge in [0.15, 0.2) is 0 Å². The second kappa shape index (κ2) is 8.33. The average Bonchev–Trinajstić information content (AvgIpc) is 3.25. The largest absolute Gasteiger partial charge is 0.469 e. The lowest BCUT2D eigenvalue weighted by molar-refractivity contribution is -0.138. The summed E-state index contributed by atoms with van der Waals surface area (Å²) in [5, 5.41) is 0. The summed E-state index contributed by atoms with van der Waals surface area (Å²) in [5.41, 5.74) is 2.50. The molecule has 1 aliphatic heterocycles. The SMILES string of the molecule is O=C(NOCCCc1ccco1)C1CC(=O)N(C2CCCCC2)C1. The van der Waals surface area contributed by atoms with Gasteiger partial charge in [-0.2, -0.15) is 0 Å². The van der Waals surface area contributed by atoms with Crippen LogP contribution in [0.15, 0.2) is 22.8 Å². The van der Waals surface area contributed by atoms with Gasteiger partial charge in [0.05, 0.1) is 18.8 Å². The fourth-order valence-electron chi connectivity index (χ4n) is 3.63. The first-order chi connectivity index (χ1) is 11.7. The van der Waals surface area contributed by atoms with Gasteiger partial charge in [-0.05, 0) is 31.4 Å². The number of rotatable bonds is 7. The van der Waals surface area contributed by atoms with Gasteiger partial charge in [0, 0.05) is 25.4 Å². The van der Waals surface area contributed by atoms with Crippen LogP contribution in [0.1, 0.15) is 50.7 Å². The van der Waals surface area contributed by atoms with Crippen molar-refractivity contribution in [2.45, 2.75) is 57.4 Å². The number of hydroxylamine groups is 1. The molecule has 1 unspecified atom stereocenters. The first kappa shape index (κ1) is 17.0. The molecule has 0 bridgehead atoms. The predicted molar refractivity (Wildman–Crippen MR) is 87.8 cm³/mol. The molecule has 2 amide bonds. The molecular weight excluding hydrogens is 308 g/mol. The van der Waals surface area contributed by atoms with Crippen molar-refractivity contribution in [1.82, 2.24) is 10.4 Å². The number of carbonyl (C=O) groups excluding carboxylic acids is 2. The van der Waals surface area contributed by atoms with Crippen molar-refractivity contribution in [3.8, 4) is 0 Å². The zero-order valence-electron chi connectivity index (χ0n) is 14.0. The van der Waals surface area contributed by atoms with Crippen LogP contribution in [-0.2, 0) is 20.8 Å². The fourth-order valence-corrected chi connectivity index (χ4v) is 3.63. The van der Waals surface area contributed by atoms with Crippen LogP contribution >= 0.6 is 0 Å². The Morgan fingerprint density at radius 1 is 1.33 bits per heavy atom. The molecule has 0 radical (unpaired) electrons. The number of amides is 2. The molecule has 1 atom stereocenters. The molecule has 0 aromatic carbocycles. The second-order valence-electron chi connectivity index (χ2n) is 6.74. The van der Waals surface area contributed by atoms with Gasteiger partial charge in [0.1, 0.15) is 5.76 Å². The average molecular weight is 334 g/mol. The molecule has 2 aliphatic rings. The minimum atomic E-state index is -0.287. The zero-order chi connectivity index (χ0) is 16.8. The highest BCUT2D eigenvalue weighted by molar-refractivity contribution is 5.89. The highest BCUT2D eigenvalue weighted by Gasteiger charge is 2.38. The summed E-state index contributed by atoms with van der Waals surface area (Å²) in [6, 6.07) is 4.11. The lowest BCUT2D eigenvalue weighted by Gasteiger charge is -2.31. The summed E-state index contributed by atoms with van der Waals surface area (Å²) in [4.78, 5) is 31.5. The Kier molecular flexibility index (Phi) is 5.91. The van der Waals surface area contributed by atoms with Gasteiger partial charge in [-0.3, -0.25) is 14.4 Å². The number of likely N-dealkylation sites (tertiary alicyclic amines) is 1. The summed E-state index contributed by atoms with van der Waals surface area (Å²) < 4.78 is 5.24. The van der Waals surface area contributed by atoms with E-state index >= 15 is 0 Å². The molecule has 2 heterocycles. The lowest BCUT2D eigenvalue weighted by atomic mass is 9.94. The van der Waals surface area contributed by atoms with E-state index in [-0.39, 0.29) is 17.7 Å². The van der Waals surface area contributed by atoms with E-state index in [1.165, 1.54) is 19.3 Å². The van der Waals surface area contributed by atoms with Crippen LogP contribution in [-0.4, -0.2) is 35.9 Å². The molecule has 6 heteroatoms. The smallest absolute Gasteiger partial charge is 0.248 e. The Morgan fingerprint density at radius 2 is 2.17 bits per heavy atom. The van der Waals surface area contributed by atoms with Gasteiger partial charge >= 0.3 is 0 Å². The van der Waals surface area contributed by atoms with Crippen molar-refractivity contribution in [3.63, 3.8) is 0 Å². The van der Waals surface area contributed by atoms with Gasteiger partial charge < -0.3 is 9.32 Å². The maximum Gasteiger partial charge on any atom is 0.248 e. The predicted octanol–water partition coefficient (Wildman–Crippen LogP) is 2.44. The first-order valence-corrected chi connectivity index (χ1v) is 8.97. The second-order valence-corrected chi connectivity index (χ2v) is 6.74. The topological polar surface area (TPSA) is 71.8 Å². The highest BCUT2D eigenvalue weighted by Crippen LogP contribution is 2.28. The van der Waals surface area contributed by atoms with E-state index in [1.54, 1.807) is 6.26 Å². The van der Waals surface area contributed by atoms with Gasteiger partial charge in [-0.25, -0.2) is 5.48 Å². The van der Waals surface area contributed by atoms with Crippen molar-refractivity contribution < 1.29 is 18.8 Å². The fraction of sp³-hybridized carbons (Fsp3) is 0.667. The molecule has 1 aromatic rings. The van der Waals surface area contributed by atoms with Crippen LogP contribution in [0.5, 0.6) is 0 Å². The quantitative estimate of drug-likeness (QED) is 0.614. The number of carbonyl (C=O) groups is 2. The highest BCUT2D eigenvalue weighted by atomic mass is 16.6. The van der Waals surface area contributed by atoms with Crippen LogP contribution in [0, 0.1) is 5.92 Å². The third-order valence-electron chi connectivity index (χ3n) is 4.97. The van der Waals surface area contributed by atoms with Crippen molar-refractivity contribution in [1.29, 1.82) is 0 Å². The van der Waals surface area contributed by atoms with Crippen molar-refractivity contribution in [2.75, 3.05) is 13.2 Å². The number of hydrogen-bond donors (Lipinski definition) is 1. The number of furan rings is 1. The standard InChI is InChI=1S/C18H26N2O4/c21-17-12-14(13-20(17)15-6-2-1-3-7-15)18(22)19-24-11-5-9-16-8-4-10-23-16/h4,8,10,14-15H,1-3,5-7,9,11-13H2,(H,19,22). The zero-order valence-corrected chi connectivity index (χ0v) is 14.0. The molecule has 1 saturated heterocycles. The first-order valence-electron chi connectivity index (χ1n) is 8.97. The van der Waals surface area contributed by atoms with Gasteiger partial charge in [-0.1, -0.05) is 19.3 Å². The number of nitrogens with zero attached hydrogens (tertiary/aromatic N) is 1. The van der Waals surface area contributed by atoms with Crippen molar-refractivity contribution >= 4 is 11.8 Å². The minimum absolute atomic E-state index is 0.111. The van der Waals surface area contributed by atoms with Gasteiger partial charge in [0.2, 0.25) is 11.8 Å². The van der Waals surface area contributed by atoms with Crippen molar-refractivity contribution in [2.24, 2.45) is 5.92 Å². The van der Waals surface area contributed by atoms with Crippen LogP contribution < -0.4 is 5.48 Å². The van der Waals surface area contributed by atoms with E-state index in [0.717, 1.165) is 31.4 Å². The Bertz CT molecular complexity index is 537. The van der Waals surface area contributed by atoms with Gasteiger partial charge in [0.25, 0.3) is 0 Å². The number of aryl methyl sites for hydroxylation is 1. The summed E-state index contributed by atoms with van der Waals surface area (Å²) in [6.07, 6.45) is 9.27. The van der Waals surface area contributed by atoms with E-state index in [1.807, 2.05) is 17.0 Å². The molecule has 3 rings (SSSR count). The molecule has 1 aliphatic carbocycles. The summed E-state index contributed by atoms with van der Waals surface area (Å²) >= 11 is 0.